The van der Waals surface area contributed by atoms with Crippen molar-refractivity contribution in [2.75, 3.05) is 4.90 Å². The Labute approximate surface area is 337 Å². The van der Waals surface area contributed by atoms with E-state index in [1.54, 1.807) is 0 Å². The highest BCUT2D eigenvalue weighted by atomic mass is 16.6. The molecule has 0 aromatic heterocycles. The predicted octanol–water partition coefficient (Wildman–Crippen LogP) is 14.7. The average molecular weight is 742 g/mol. The van der Waals surface area contributed by atoms with Gasteiger partial charge in [-0.25, -0.2) is 0 Å². The molecule has 3 nitrogen and oxygen atoms in total. The molecule has 0 fully saturated rings. The van der Waals surface area contributed by atoms with Gasteiger partial charge in [0.15, 0.2) is 23.0 Å². The first kappa shape index (κ1) is 32.6. The molecule has 0 unspecified atom stereocenters. The van der Waals surface area contributed by atoms with Crippen LogP contribution in [0.3, 0.4) is 0 Å². The van der Waals surface area contributed by atoms with Gasteiger partial charge in [0.1, 0.15) is 0 Å². The molecule has 0 amide bonds. The van der Waals surface area contributed by atoms with Crippen LogP contribution >= 0.6 is 0 Å². The summed E-state index contributed by atoms with van der Waals surface area (Å²) in [6.45, 7) is 0. The topological polar surface area (TPSA) is 21.7 Å². The van der Waals surface area contributed by atoms with Crippen LogP contribution in [0.1, 0.15) is 22.3 Å². The Kier molecular flexibility index (Phi) is 7.14. The Balaban J connectivity index is 0.953. The Morgan fingerprint density at radius 2 is 0.776 bits per heavy atom. The zero-order valence-corrected chi connectivity index (χ0v) is 31.5. The summed E-state index contributed by atoms with van der Waals surface area (Å²) in [4.78, 5) is 2.25. The van der Waals surface area contributed by atoms with E-state index in [2.05, 4.69) is 205 Å². The van der Waals surface area contributed by atoms with Crippen LogP contribution in [0.4, 0.5) is 17.1 Å². The minimum atomic E-state index is -0.458. The maximum Gasteiger partial charge on any atom is 0.194 e. The minimum absolute atomic E-state index is 0.458. The summed E-state index contributed by atoms with van der Waals surface area (Å²) < 4.78 is 13.9. The van der Waals surface area contributed by atoms with Gasteiger partial charge in [0.05, 0.1) is 11.1 Å². The monoisotopic (exact) mass is 741 g/mol. The number of para-hydroxylation sites is 2. The van der Waals surface area contributed by atoms with E-state index >= 15 is 0 Å². The molecule has 12 rings (SSSR count). The van der Waals surface area contributed by atoms with Gasteiger partial charge in [-0.05, 0) is 115 Å². The van der Waals surface area contributed by atoms with Crippen molar-refractivity contribution in [2.24, 2.45) is 0 Å². The zero-order valence-electron chi connectivity index (χ0n) is 31.5. The van der Waals surface area contributed by atoms with Crippen LogP contribution in [0, 0.1) is 0 Å². The van der Waals surface area contributed by atoms with Gasteiger partial charge in [-0.1, -0.05) is 164 Å². The summed E-state index contributed by atoms with van der Waals surface area (Å²) in [5.74, 6) is 2.77. The summed E-state index contributed by atoms with van der Waals surface area (Å²) >= 11 is 0. The molecule has 0 saturated heterocycles. The second-order valence-electron chi connectivity index (χ2n) is 15.2. The third-order valence-corrected chi connectivity index (χ3v) is 12.2. The molecule has 272 valence electrons. The van der Waals surface area contributed by atoms with Crippen LogP contribution in [-0.2, 0) is 5.41 Å². The number of anilines is 3. The second kappa shape index (κ2) is 12.7. The summed E-state index contributed by atoms with van der Waals surface area (Å²) in [7, 11) is 0. The molecule has 9 aromatic carbocycles. The second-order valence-corrected chi connectivity index (χ2v) is 15.2. The first-order valence-electron chi connectivity index (χ1n) is 19.8. The molecule has 58 heavy (non-hydrogen) atoms. The standard InChI is InChI=1S/C55H35NO2/c1-3-14-36(15-4-1)37-26-28-38(29-27-37)39-30-32-41(33-31-39)56(40-16-5-2-6-17-40)50-24-13-25-51-54(50)58-52-34-45-44-20-9-12-23-48(44)55(49(45)35-53(52)57-51)46-21-10-7-18-42(46)43-19-8-11-22-47(43)55/h1-35H. The Bertz CT molecular complexity index is 3000. The van der Waals surface area contributed by atoms with Crippen molar-refractivity contribution in [1.82, 2.24) is 0 Å². The summed E-state index contributed by atoms with van der Waals surface area (Å²) in [6.07, 6.45) is 0. The lowest BCUT2D eigenvalue weighted by molar-refractivity contribution is 0.360. The fraction of sp³-hybridized carbons (Fsp3) is 0.0182. The number of benzene rings is 9. The highest BCUT2D eigenvalue weighted by Gasteiger charge is 2.52. The lowest BCUT2D eigenvalue weighted by Crippen LogP contribution is -2.25. The summed E-state index contributed by atoms with van der Waals surface area (Å²) in [5, 5.41) is 0. The van der Waals surface area contributed by atoms with Crippen LogP contribution in [0.25, 0.3) is 44.5 Å². The third kappa shape index (κ3) is 4.74. The molecule has 1 heterocycles. The number of hydrogen-bond donors (Lipinski definition) is 0. The van der Waals surface area contributed by atoms with Gasteiger partial charge in [-0.2, -0.15) is 0 Å². The molecule has 0 radical (unpaired) electrons. The van der Waals surface area contributed by atoms with E-state index in [1.807, 2.05) is 12.1 Å². The molecular formula is C55H35NO2. The molecule has 2 aliphatic carbocycles. The molecule has 0 saturated carbocycles. The first-order valence-corrected chi connectivity index (χ1v) is 19.8. The van der Waals surface area contributed by atoms with Crippen LogP contribution in [0.2, 0.25) is 0 Å². The van der Waals surface area contributed by atoms with Crippen molar-refractivity contribution in [3.63, 3.8) is 0 Å². The Hall–Kier alpha value is -7.62. The number of ether oxygens (including phenoxy) is 2. The van der Waals surface area contributed by atoms with E-state index in [9.17, 15) is 0 Å². The van der Waals surface area contributed by atoms with Crippen molar-refractivity contribution >= 4 is 17.1 Å². The van der Waals surface area contributed by atoms with Gasteiger partial charge >= 0.3 is 0 Å². The quantitative estimate of drug-likeness (QED) is 0.175. The summed E-state index contributed by atoms with van der Waals surface area (Å²) in [6, 6.07) is 75.7. The number of fused-ring (bicyclic) bond motifs is 12. The van der Waals surface area contributed by atoms with Gasteiger partial charge in [0, 0.05) is 11.4 Å². The molecule has 9 aromatic rings. The molecule has 1 aliphatic heterocycles. The molecule has 3 aliphatic rings. The van der Waals surface area contributed by atoms with E-state index in [1.165, 1.54) is 55.6 Å². The maximum atomic E-state index is 7.04. The molecule has 1 spiro atoms. The Morgan fingerprint density at radius 3 is 1.38 bits per heavy atom. The fourth-order valence-electron chi connectivity index (χ4n) is 9.64. The number of hydrogen-bond acceptors (Lipinski definition) is 3. The number of nitrogens with zero attached hydrogens (tertiary/aromatic N) is 1. The van der Waals surface area contributed by atoms with E-state index < -0.39 is 5.41 Å². The molecule has 0 atom stereocenters. The lowest BCUT2D eigenvalue weighted by Gasteiger charge is -2.32. The zero-order chi connectivity index (χ0) is 38.2. The third-order valence-electron chi connectivity index (χ3n) is 12.2. The van der Waals surface area contributed by atoms with E-state index in [0.717, 1.165) is 28.2 Å². The SMILES string of the molecule is c1ccc(-c2ccc(-c3ccc(N(c4ccccc4)c4cccc5c4Oc4cc6c(cc4O5)C4(c5ccccc5-c5ccccc54)c4ccccc4-6)cc3)cc2)cc1. The van der Waals surface area contributed by atoms with Gasteiger partial charge in [0.2, 0.25) is 0 Å². The van der Waals surface area contributed by atoms with Crippen LogP contribution < -0.4 is 14.4 Å². The molecular weight excluding hydrogens is 707 g/mol. The highest BCUT2D eigenvalue weighted by Crippen LogP contribution is 2.65. The normalized spacial score (nSPS) is 13.2. The van der Waals surface area contributed by atoms with Gasteiger partial charge in [-0.15, -0.1) is 0 Å². The Morgan fingerprint density at radius 1 is 0.310 bits per heavy atom. The van der Waals surface area contributed by atoms with Crippen LogP contribution in [-0.4, -0.2) is 0 Å². The van der Waals surface area contributed by atoms with E-state index in [-0.39, 0.29) is 0 Å². The largest absolute Gasteiger partial charge is 0.449 e. The van der Waals surface area contributed by atoms with Crippen LogP contribution in [0.5, 0.6) is 23.0 Å². The smallest absolute Gasteiger partial charge is 0.194 e. The van der Waals surface area contributed by atoms with Crippen molar-refractivity contribution in [3.05, 3.63) is 235 Å². The first-order chi connectivity index (χ1) is 28.8. The molecule has 0 N–H and O–H groups in total. The van der Waals surface area contributed by atoms with Crippen molar-refractivity contribution in [3.8, 4) is 67.5 Å². The fourth-order valence-corrected chi connectivity index (χ4v) is 9.64. The molecule has 3 heteroatoms. The highest BCUT2D eigenvalue weighted by molar-refractivity contribution is 5.96. The van der Waals surface area contributed by atoms with Crippen molar-refractivity contribution in [1.29, 1.82) is 0 Å². The lowest BCUT2D eigenvalue weighted by atomic mass is 9.70. The average Bonchev–Trinajstić information content (AvgIpc) is 3.75. The maximum absolute atomic E-state index is 7.04. The predicted molar refractivity (Wildman–Crippen MR) is 235 cm³/mol. The van der Waals surface area contributed by atoms with Gasteiger partial charge in [0.25, 0.3) is 0 Å². The van der Waals surface area contributed by atoms with Gasteiger partial charge < -0.3 is 14.4 Å². The summed E-state index contributed by atoms with van der Waals surface area (Å²) in [5.41, 5.74) is 17.3. The minimum Gasteiger partial charge on any atom is -0.449 e. The van der Waals surface area contributed by atoms with E-state index in [4.69, 9.17) is 9.47 Å². The van der Waals surface area contributed by atoms with Gasteiger partial charge in [-0.3, -0.25) is 0 Å². The van der Waals surface area contributed by atoms with Crippen molar-refractivity contribution < 1.29 is 9.47 Å². The van der Waals surface area contributed by atoms with Crippen LogP contribution in [0.15, 0.2) is 212 Å². The number of rotatable bonds is 5. The molecule has 0 bridgehead atoms. The van der Waals surface area contributed by atoms with Crippen molar-refractivity contribution in [2.45, 2.75) is 5.41 Å². The van der Waals surface area contributed by atoms with E-state index in [0.29, 0.717) is 23.0 Å².